The minimum absolute atomic E-state index is 0.546. The lowest BCUT2D eigenvalue weighted by Crippen LogP contribution is -2.36. The Hall–Kier alpha value is 0.947. The summed E-state index contributed by atoms with van der Waals surface area (Å²) in [4.78, 5) is 0. The highest BCUT2D eigenvalue weighted by atomic mass is 127. The molecule has 1 unspecified atom stereocenters. The Bertz CT molecular complexity index is 146. The third-order valence-electron chi connectivity index (χ3n) is 3.09. The van der Waals surface area contributed by atoms with Crippen molar-refractivity contribution in [1.82, 2.24) is 0 Å². The van der Waals surface area contributed by atoms with Gasteiger partial charge in [0.05, 0.1) is 8.07 Å². The standard InChI is InChI=1S/C9H19ISi/c1-9(2,10)8-6-5-7-11(8,3)4/h8H,5-7H2,1-4H3. The van der Waals surface area contributed by atoms with Gasteiger partial charge in [-0.1, -0.05) is 68.4 Å². The minimum atomic E-state index is -0.812. The molecule has 0 nitrogen and oxygen atoms in total. The van der Waals surface area contributed by atoms with Crippen LogP contribution in [0.25, 0.3) is 0 Å². The van der Waals surface area contributed by atoms with E-state index in [-0.39, 0.29) is 0 Å². The summed E-state index contributed by atoms with van der Waals surface area (Å²) in [6, 6.07) is 1.56. The first kappa shape index (κ1) is 10.0. The molecule has 11 heavy (non-hydrogen) atoms. The molecule has 0 aliphatic carbocycles. The molecule has 0 spiro atoms. The van der Waals surface area contributed by atoms with E-state index in [1.54, 1.807) is 6.04 Å². The van der Waals surface area contributed by atoms with Crippen LogP contribution >= 0.6 is 22.6 Å². The zero-order chi connectivity index (χ0) is 8.70. The molecule has 0 aromatic carbocycles. The minimum Gasteiger partial charge on any atom is -0.0795 e. The van der Waals surface area contributed by atoms with Crippen LogP contribution in [0, 0.1) is 0 Å². The topological polar surface area (TPSA) is 0 Å². The van der Waals surface area contributed by atoms with Crippen LogP contribution in [-0.2, 0) is 0 Å². The number of hydrogen-bond acceptors (Lipinski definition) is 0. The second-order valence-electron chi connectivity index (χ2n) is 5.00. The van der Waals surface area contributed by atoms with E-state index in [4.69, 9.17) is 0 Å². The quantitative estimate of drug-likeness (QED) is 0.386. The average molecular weight is 282 g/mol. The van der Waals surface area contributed by atoms with E-state index in [0.29, 0.717) is 3.42 Å². The highest BCUT2D eigenvalue weighted by Gasteiger charge is 2.43. The lowest BCUT2D eigenvalue weighted by atomic mass is 10.1. The Balaban J connectivity index is 2.73. The van der Waals surface area contributed by atoms with E-state index >= 15 is 0 Å². The van der Waals surface area contributed by atoms with Crippen LogP contribution < -0.4 is 0 Å². The van der Waals surface area contributed by atoms with Gasteiger partial charge in [0.2, 0.25) is 0 Å². The zero-order valence-corrected chi connectivity index (χ0v) is 11.2. The van der Waals surface area contributed by atoms with Crippen molar-refractivity contribution in [3.63, 3.8) is 0 Å². The molecule has 0 saturated carbocycles. The summed E-state index contributed by atoms with van der Waals surface area (Å²) in [5.41, 5.74) is 1.05. The van der Waals surface area contributed by atoms with Crippen LogP contribution in [0.1, 0.15) is 26.7 Å². The van der Waals surface area contributed by atoms with E-state index in [1.165, 1.54) is 12.8 Å². The van der Waals surface area contributed by atoms with Gasteiger partial charge in [0, 0.05) is 3.42 Å². The summed E-state index contributed by atoms with van der Waals surface area (Å²) in [7, 11) is -0.812. The van der Waals surface area contributed by atoms with Gasteiger partial charge in [0.15, 0.2) is 0 Å². The van der Waals surface area contributed by atoms with Gasteiger partial charge in [-0.3, -0.25) is 0 Å². The Morgan fingerprint density at radius 2 is 1.91 bits per heavy atom. The van der Waals surface area contributed by atoms with Gasteiger partial charge in [-0.25, -0.2) is 0 Å². The maximum absolute atomic E-state index is 2.64. The first-order valence-corrected chi connectivity index (χ1v) is 8.89. The summed E-state index contributed by atoms with van der Waals surface area (Å²) in [6.45, 7) is 9.92. The van der Waals surface area contributed by atoms with Gasteiger partial charge < -0.3 is 0 Å². The third kappa shape index (κ3) is 2.20. The first-order chi connectivity index (χ1) is 4.84. The highest BCUT2D eigenvalue weighted by Crippen LogP contribution is 2.49. The van der Waals surface area contributed by atoms with E-state index in [9.17, 15) is 0 Å². The number of alkyl halides is 1. The molecule has 2 heteroatoms. The largest absolute Gasteiger partial charge is 0.0795 e. The van der Waals surface area contributed by atoms with Gasteiger partial charge in [0.1, 0.15) is 0 Å². The van der Waals surface area contributed by atoms with Crippen molar-refractivity contribution in [2.75, 3.05) is 0 Å². The first-order valence-electron chi connectivity index (χ1n) is 4.53. The van der Waals surface area contributed by atoms with Crippen molar-refractivity contribution < 1.29 is 0 Å². The van der Waals surface area contributed by atoms with E-state index in [1.807, 2.05) is 0 Å². The fourth-order valence-electron chi connectivity index (χ4n) is 2.60. The normalized spacial score (nSPS) is 30.8. The van der Waals surface area contributed by atoms with Crippen molar-refractivity contribution in [2.24, 2.45) is 0 Å². The number of hydrogen-bond donors (Lipinski definition) is 0. The van der Waals surface area contributed by atoms with Crippen LogP contribution in [0.15, 0.2) is 0 Å². The Morgan fingerprint density at radius 3 is 2.09 bits per heavy atom. The maximum Gasteiger partial charge on any atom is 0.0518 e. The molecule has 1 aliphatic rings. The molecule has 1 atom stereocenters. The fraction of sp³-hybridized carbons (Fsp3) is 1.00. The van der Waals surface area contributed by atoms with Crippen LogP contribution in [-0.4, -0.2) is 11.5 Å². The van der Waals surface area contributed by atoms with Gasteiger partial charge in [0.25, 0.3) is 0 Å². The van der Waals surface area contributed by atoms with Gasteiger partial charge in [-0.05, 0) is 5.54 Å². The van der Waals surface area contributed by atoms with E-state index in [0.717, 1.165) is 5.54 Å². The summed E-state index contributed by atoms with van der Waals surface area (Å²) in [5.74, 6) is 0. The summed E-state index contributed by atoms with van der Waals surface area (Å²) >= 11 is 2.64. The molecule has 1 aliphatic heterocycles. The molecule has 0 aromatic rings. The van der Waals surface area contributed by atoms with E-state index < -0.39 is 8.07 Å². The Labute approximate surface area is 85.3 Å². The molecule has 1 saturated heterocycles. The number of rotatable bonds is 1. The molecule has 0 amide bonds. The highest BCUT2D eigenvalue weighted by molar-refractivity contribution is 14.1. The fourth-order valence-corrected chi connectivity index (χ4v) is 9.75. The molecule has 1 heterocycles. The molecule has 0 radical (unpaired) electrons. The predicted molar refractivity (Wildman–Crippen MR) is 63.4 cm³/mol. The molecule has 0 bridgehead atoms. The lowest BCUT2D eigenvalue weighted by molar-refractivity contribution is 0.634. The van der Waals surface area contributed by atoms with Gasteiger partial charge in [-0.2, -0.15) is 0 Å². The van der Waals surface area contributed by atoms with Crippen LogP contribution in [0.2, 0.25) is 24.7 Å². The molecule has 66 valence electrons. The zero-order valence-electron chi connectivity index (χ0n) is 8.08. The molecule has 0 N–H and O–H groups in total. The second kappa shape index (κ2) is 3.02. The van der Waals surface area contributed by atoms with Crippen molar-refractivity contribution in [3.8, 4) is 0 Å². The van der Waals surface area contributed by atoms with Crippen LogP contribution in [0.5, 0.6) is 0 Å². The lowest BCUT2D eigenvalue weighted by Gasteiger charge is -2.34. The van der Waals surface area contributed by atoms with Crippen LogP contribution in [0.4, 0.5) is 0 Å². The van der Waals surface area contributed by atoms with Crippen molar-refractivity contribution in [3.05, 3.63) is 0 Å². The number of halogens is 1. The predicted octanol–water partition coefficient (Wildman–Crippen LogP) is 4.07. The van der Waals surface area contributed by atoms with Gasteiger partial charge in [-0.15, -0.1) is 0 Å². The SMILES string of the molecule is CC(C)(I)C1CCC[Si]1(C)C. The smallest absolute Gasteiger partial charge is 0.0518 e. The summed E-state index contributed by atoms with van der Waals surface area (Å²) in [5, 5.41) is 0. The van der Waals surface area contributed by atoms with Crippen molar-refractivity contribution in [1.29, 1.82) is 0 Å². The van der Waals surface area contributed by atoms with E-state index in [2.05, 4.69) is 49.5 Å². The van der Waals surface area contributed by atoms with Gasteiger partial charge >= 0.3 is 0 Å². The van der Waals surface area contributed by atoms with Crippen molar-refractivity contribution in [2.45, 2.75) is 54.8 Å². The molecule has 1 fully saturated rings. The summed E-state index contributed by atoms with van der Waals surface area (Å²) < 4.78 is 0.546. The van der Waals surface area contributed by atoms with Crippen molar-refractivity contribution >= 4 is 30.7 Å². The molecular weight excluding hydrogens is 263 g/mol. The Morgan fingerprint density at radius 1 is 1.36 bits per heavy atom. The molecule has 0 aromatic heterocycles. The molecular formula is C9H19ISi. The maximum atomic E-state index is 2.64. The molecule has 1 rings (SSSR count). The Kier molecular flexibility index (Phi) is 2.75. The second-order valence-corrected chi connectivity index (χ2v) is 13.0. The summed E-state index contributed by atoms with van der Waals surface area (Å²) in [6.07, 6.45) is 2.99. The average Bonchev–Trinajstić information content (AvgIpc) is 2.06. The monoisotopic (exact) mass is 282 g/mol. The third-order valence-corrected chi connectivity index (χ3v) is 8.96. The van der Waals surface area contributed by atoms with Crippen LogP contribution in [0.3, 0.4) is 0 Å².